The minimum atomic E-state index is -0.778. The minimum Gasteiger partial charge on any atom is -0.493 e. The van der Waals surface area contributed by atoms with E-state index in [2.05, 4.69) is 10.3 Å². The number of carbonyl (C=O) groups excluding carboxylic acids is 1. The summed E-state index contributed by atoms with van der Waals surface area (Å²) < 4.78 is 43.0. The van der Waals surface area contributed by atoms with E-state index in [0.29, 0.717) is 27.9 Å². The number of nitrogens with one attached hydrogen (secondary N) is 1. The van der Waals surface area contributed by atoms with Crippen molar-refractivity contribution in [2.45, 2.75) is 6.23 Å². The number of hydrogen-bond acceptors (Lipinski definition) is 7. The molecule has 9 heteroatoms. The first-order chi connectivity index (χ1) is 13.5. The monoisotopic (exact) mass is 404 g/mol. The van der Waals surface area contributed by atoms with Gasteiger partial charge in [0, 0.05) is 22.6 Å². The van der Waals surface area contributed by atoms with E-state index in [1.165, 1.54) is 37.7 Å². The van der Waals surface area contributed by atoms with Gasteiger partial charge < -0.3 is 19.5 Å². The summed E-state index contributed by atoms with van der Waals surface area (Å²) in [6, 6.07) is 6.67. The predicted molar refractivity (Wildman–Crippen MR) is 98.8 cm³/mol. The van der Waals surface area contributed by atoms with Crippen molar-refractivity contribution in [1.29, 1.82) is 0 Å². The molecule has 0 unspecified atom stereocenters. The SMILES string of the molecule is COc1ccc2c(c1OC)C(=O)O[C@@H]2Nc1nc(-c2ccc(F)cc2F)cs1. The van der Waals surface area contributed by atoms with Crippen molar-refractivity contribution in [2.24, 2.45) is 0 Å². The molecule has 2 heterocycles. The van der Waals surface area contributed by atoms with Gasteiger partial charge >= 0.3 is 5.97 Å². The number of rotatable bonds is 5. The summed E-state index contributed by atoms with van der Waals surface area (Å²) in [7, 11) is 2.92. The summed E-state index contributed by atoms with van der Waals surface area (Å²) >= 11 is 1.21. The molecule has 0 spiro atoms. The molecule has 0 radical (unpaired) electrons. The Morgan fingerprint density at radius 1 is 1.18 bits per heavy atom. The molecule has 0 bridgehead atoms. The maximum atomic E-state index is 14.0. The first-order valence-corrected chi connectivity index (χ1v) is 9.03. The third-order valence-corrected chi connectivity index (χ3v) is 5.03. The molecule has 1 aromatic heterocycles. The van der Waals surface area contributed by atoms with E-state index in [1.54, 1.807) is 17.5 Å². The molecule has 1 N–H and O–H groups in total. The second-order valence-corrected chi connectivity index (χ2v) is 6.72. The topological polar surface area (TPSA) is 69.7 Å². The molecule has 0 saturated carbocycles. The highest BCUT2D eigenvalue weighted by atomic mass is 32.1. The normalized spacial score (nSPS) is 15.1. The molecule has 4 rings (SSSR count). The lowest BCUT2D eigenvalue weighted by molar-refractivity contribution is 0.0435. The zero-order valence-electron chi connectivity index (χ0n) is 14.8. The number of ether oxygens (including phenoxy) is 3. The Morgan fingerprint density at radius 2 is 2.00 bits per heavy atom. The van der Waals surface area contributed by atoms with Crippen molar-refractivity contribution in [3.63, 3.8) is 0 Å². The first kappa shape index (κ1) is 18.2. The largest absolute Gasteiger partial charge is 0.493 e. The molecule has 0 saturated heterocycles. The summed E-state index contributed by atoms with van der Waals surface area (Å²) in [5.74, 6) is -1.20. The molecular weight excluding hydrogens is 390 g/mol. The van der Waals surface area contributed by atoms with E-state index < -0.39 is 23.8 Å². The van der Waals surface area contributed by atoms with Crippen molar-refractivity contribution < 1.29 is 27.8 Å². The van der Waals surface area contributed by atoms with Crippen LogP contribution in [0.2, 0.25) is 0 Å². The Bertz CT molecular complexity index is 1070. The average molecular weight is 404 g/mol. The third-order valence-electron chi connectivity index (χ3n) is 4.26. The number of anilines is 1. The number of carbonyl (C=O) groups is 1. The number of halogens is 2. The maximum absolute atomic E-state index is 14.0. The molecule has 2 aromatic carbocycles. The Morgan fingerprint density at radius 3 is 2.71 bits per heavy atom. The van der Waals surface area contributed by atoms with E-state index in [0.717, 1.165) is 6.07 Å². The van der Waals surface area contributed by atoms with Crippen LogP contribution in [0.3, 0.4) is 0 Å². The van der Waals surface area contributed by atoms with Crippen LogP contribution in [0, 0.1) is 11.6 Å². The van der Waals surface area contributed by atoms with E-state index in [-0.39, 0.29) is 11.1 Å². The van der Waals surface area contributed by atoms with Gasteiger partial charge in [-0.1, -0.05) is 0 Å². The average Bonchev–Trinajstić information content (AvgIpc) is 3.26. The van der Waals surface area contributed by atoms with Crippen LogP contribution < -0.4 is 14.8 Å². The number of aromatic nitrogens is 1. The van der Waals surface area contributed by atoms with E-state index in [9.17, 15) is 13.6 Å². The van der Waals surface area contributed by atoms with Crippen LogP contribution in [0.15, 0.2) is 35.7 Å². The Kier molecular flexibility index (Phi) is 4.60. The molecule has 144 valence electrons. The van der Waals surface area contributed by atoms with E-state index in [1.807, 2.05) is 0 Å². The number of nitrogens with zero attached hydrogens (tertiary/aromatic N) is 1. The van der Waals surface area contributed by atoms with Gasteiger partial charge in [0.05, 0.1) is 19.9 Å². The summed E-state index contributed by atoms with van der Waals surface area (Å²) in [5.41, 5.74) is 1.39. The Balaban J connectivity index is 1.62. The van der Waals surface area contributed by atoms with Crippen LogP contribution in [-0.4, -0.2) is 25.2 Å². The van der Waals surface area contributed by atoms with Crippen molar-refractivity contribution in [2.75, 3.05) is 19.5 Å². The van der Waals surface area contributed by atoms with Gasteiger partial charge in [0.2, 0.25) is 6.23 Å². The van der Waals surface area contributed by atoms with Crippen molar-refractivity contribution in [3.05, 3.63) is 58.5 Å². The zero-order chi connectivity index (χ0) is 19.8. The van der Waals surface area contributed by atoms with Crippen LogP contribution in [0.5, 0.6) is 11.5 Å². The van der Waals surface area contributed by atoms with Crippen molar-refractivity contribution in [1.82, 2.24) is 4.98 Å². The number of thiazole rings is 1. The van der Waals surface area contributed by atoms with Crippen LogP contribution in [0.4, 0.5) is 13.9 Å². The van der Waals surface area contributed by atoms with Crippen LogP contribution >= 0.6 is 11.3 Å². The standard InChI is InChI=1S/C19H14F2N2O4S/c1-25-14-6-5-11-15(16(14)26-2)18(24)27-17(11)23-19-22-13(8-28-19)10-4-3-9(20)7-12(10)21/h3-8,17H,1-2H3,(H,22,23)/t17-/m0/s1. The predicted octanol–water partition coefficient (Wildman–Crippen LogP) is 4.39. The zero-order valence-corrected chi connectivity index (χ0v) is 15.6. The molecule has 1 aliphatic rings. The summed E-state index contributed by atoms with van der Waals surface area (Å²) in [6.07, 6.45) is -0.778. The molecule has 0 amide bonds. The second kappa shape index (κ2) is 7.08. The second-order valence-electron chi connectivity index (χ2n) is 5.86. The molecule has 28 heavy (non-hydrogen) atoms. The fourth-order valence-electron chi connectivity index (χ4n) is 2.98. The van der Waals surface area contributed by atoms with Gasteiger partial charge in [-0.2, -0.15) is 0 Å². The Hall–Kier alpha value is -3.20. The molecule has 1 atom stereocenters. The number of fused-ring (bicyclic) bond motifs is 1. The first-order valence-electron chi connectivity index (χ1n) is 8.15. The fourth-order valence-corrected chi connectivity index (χ4v) is 3.71. The highest BCUT2D eigenvalue weighted by Crippen LogP contribution is 2.42. The van der Waals surface area contributed by atoms with E-state index in [4.69, 9.17) is 14.2 Å². The molecule has 6 nitrogen and oxygen atoms in total. The maximum Gasteiger partial charge on any atom is 0.344 e. The van der Waals surface area contributed by atoms with Gasteiger partial charge in [-0.3, -0.25) is 0 Å². The highest BCUT2D eigenvalue weighted by molar-refractivity contribution is 7.14. The number of cyclic esters (lactones) is 1. The van der Waals surface area contributed by atoms with Gasteiger partial charge in [0.15, 0.2) is 16.6 Å². The fraction of sp³-hybridized carbons (Fsp3) is 0.158. The Labute approximate surface area is 162 Å². The van der Waals surface area contributed by atoms with Crippen LogP contribution in [0.1, 0.15) is 22.1 Å². The summed E-state index contributed by atoms with van der Waals surface area (Å²) in [4.78, 5) is 16.6. The van der Waals surface area contributed by atoms with Crippen molar-refractivity contribution >= 4 is 22.4 Å². The molecule has 0 fully saturated rings. The lowest BCUT2D eigenvalue weighted by atomic mass is 10.1. The number of methoxy groups -OCH3 is 2. The highest BCUT2D eigenvalue weighted by Gasteiger charge is 2.36. The lowest BCUT2D eigenvalue weighted by Crippen LogP contribution is -2.10. The van der Waals surface area contributed by atoms with E-state index >= 15 is 0 Å². The number of esters is 1. The van der Waals surface area contributed by atoms with Gasteiger partial charge in [-0.05, 0) is 24.3 Å². The van der Waals surface area contributed by atoms with Crippen LogP contribution in [-0.2, 0) is 4.74 Å². The van der Waals surface area contributed by atoms with Gasteiger partial charge in [-0.15, -0.1) is 11.3 Å². The molecule has 1 aliphatic heterocycles. The number of benzene rings is 2. The lowest BCUT2D eigenvalue weighted by Gasteiger charge is -2.13. The minimum absolute atomic E-state index is 0.181. The van der Waals surface area contributed by atoms with Crippen LogP contribution in [0.25, 0.3) is 11.3 Å². The quantitative estimate of drug-likeness (QED) is 0.636. The van der Waals surface area contributed by atoms with Crippen molar-refractivity contribution in [3.8, 4) is 22.8 Å². The molecule has 0 aliphatic carbocycles. The summed E-state index contributed by atoms with van der Waals surface area (Å²) in [6.45, 7) is 0. The smallest absolute Gasteiger partial charge is 0.344 e. The molecular formula is C19H14F2N2O4S. The van der Waals surface area contributed by atoms with Gasteiger partial charge in [0.25, 0.3) is 0 Å². The number of hydrogen-bond donors (Lipinski definition) is 1. The molecule has 3 aromatic rings. The summed E-state index contributed by atoms with van der Waals surface area (Å²) in [5, 5.41) is 5.05. The third kappa shape index (κ3) is 3.03. The van der Waals surface area contributed by atoms with Gasteiger partial charge in [-0.25, -0.2) is 18.6 Å². The van der Waals surface area contributed by atoms with Gasteiger partial charge in [0.1, 0.15) is 17.2 Å².